The van der Waals surface area contributed by atoms with Gasteiger partial charge in [0.15, 0.2) is 0 Å². The second kappa shape index (κ2) is 7.99. The van der Waals surface area contributed by atoms with Gasteiger partial charge in [-0.15, -0.1) is 11.8 Å². The Hall–Kier alpha value is -2.22. The van der Waals surface area contributed by atoms with Crippen molar-refractivity contribution in [2.75, 3.05) is 32.2 Å². The second-order valence-corrected chi connectivity index (χ2v) is 7.73. The Morgan fingerprint density at radius 2 is 1.96 bits per heavy atom. The van der Waals surface area contributed by atoms with Crippen LogP contribution < -0.4 is 10.2 Å². The molecule has 0 saturated heterocycles. The van der Waals surface area contributed by atoms with Gasteiger partial charge in [0.1, 0.15) is 0 Å². The van der Waals surface area contributed by atoms with E-state index in [2.05, 4.69) is 10.1 Å². The molecular formula is C18H24N2O5S. The van der Waals surface area contributed by atoms with Gasteiger partial charge in [0.2, 0.25) is 5.91 Å². The van der Waals surface area contributed by atoms with Crippen molar-refractivity contribution in [3.63, 3.8) is 0 Å². The van der Waals surface area contributed by atoms with E-state index in [-0.39, 0.29) is 19.0 Å². The molecule has 0 saturated carbocycles. The molecule has 1 aliphatic rings. The number of carbonyl (C=O) groups is 3. The molecular weight excluding hydrogens is 356 g/mol. The van der Waals surface area contributed by atoms with Crippen molar-refractivity contribution in [3.8, 4) is 0 Å². The second-order valence-electron chi connectivity index (χ2n) is 6.19. The minimum Gasteiger partial charge on any atom is -0.465 e. The van der Waals surface area contributed by atoms with Gasteiger partial charge in [0.05, 0.1) is 30.2 Å². The summed E-state index contributed by atoms with van der Waals surface area (Å²) >= 11 is 1.50. The van der Waals surface area contributed by atoms with E-state index in [0.717, 1.165) is 10.5 Å². The van der Waals surface area contributed by atoms with Gasteiger partial charge in [0.25, 0.3) is 0 Å². The van der Waals surface area contributed by atoms with Crippen molar-refractivity contribution < 1.29 is 23.9 Å². The van der Waals surface area contributed by atoms with E-state index in [1.54, 1.807) is 11.0 Å². The lowest BCUT2D eigenvalue weighted by molar-refractivity contribution is -0.120. The minimum absolute atomic E-state index is 0.0520. The molecule has 0 aliphatic carbocycles. The lowest BCUT2D eigenvalue weighted by atomic mass is 10.0. The van der Waals surface area contributed by atoms with E-state index >= 15 is 0 Å². The van der Waals surface area contributed by atoms with Crippen LogP contribution in [0.25, 0.3) is 0 Å². The highest BCUT2D eigenvalue weighted by Crippen LogP contribution is 2.47. The number of hydrogen-bond donors (Lipinski definition) is 1. The van der Waals surface area contributed by atoms with Gasteiger partial charge in [-0.3, -0.25) is 4.79 Å². The Morgan fingerprint density at radius 1 is 1.27 bits per heavy atom. The summed E-state index contributed by atoms with van der Waals surface area (Å²) in [6.45, 7) is 6.24. The molecule has 0 bridgehead atoms. The maximum Gasteiger partial charge on any atom is 0.406 e. The third-order valence-electron chi connectivity index (χ3n) is 4.50. The van der Waals surface area contributed by atoms with Gasteiger partial charge in [-0.2, -0.15) is 0 Å². The van der Waals surface area contributed by atoms with Crippen molar-refractivity contribution >= 4 is 35.4 Å². The van der Waals surface area contributed by atoms with E-state index in [4.69, 9.17) is 4.74 Å². The molecule has 1 aromatic carbocycles. The van der Waals surface area contributed by atoms with Gasteiger partial charge >= 0.3 is 12.1 Å². The Kier molecular flexibility index (Phi) is 6.17. The fourth-order valence-corrected chi connectivity index (χ4v) is 4.10. The van der Waals surface area contributed by atoms with Gasteiger partial charge in [-0.25, -0.2) is 9.59 Å². The average Bonchev–Trinajstić information content (AvgIpc) is 2.63. The monoisotopic (exact) mass is 380 g/mol. The van der Waals surface area contributed by atoms with Crippen LogP contribution in [-0.2, 0) is 14.3 Å². The van der Waals surface area contributed by atoms with Crippen LogP contribution in [0.4, 0.5) is 10.5 Å². The van der Waals surface area contributed by atoms with E-state index in [1.165, 1.54) is 26.0 Å². The van der Waals surface area contributed by atoms with E-state index in [0.29, 0.717) is 17.7 Å². The summed E-state index contributed by atoms with van der Waals surface area (Å²) in [6.07, 6.45) is 0.107. The molecule has 26 heavy (non-hydrogen) atoms. The lowest BCUT2D eigenvalue weighted by Gasteiger charge is -2.40. The predicted molar refractivity (Wildman–Crippen MR) is 99.8 cm³/mol. The number of fused-ring (bicyclic) bond motifs is 1. The van der Waals surface area contributed by atoms with Crippen molar-refractivity contribution in [2.45, 2.75) is 36.8 Å². The number of hydrogen-bond acceptors (Lipinski definition) is 6. The van der Waals surface area contributed by atoms with Gasteiger partial charge < -0.3 is 19.7 Å². The largest absolute Gasteiger partial charge is 0.465 e. The van der Waals surface area contributed by atoms with Crippen molar-refractivity contribution in [3.05, 3.63) is 23.3 Å². The lowest BCUT2D eigenvalue weighted by Crippen LogP contribution is -2.50. The molecule has 0 fully saturated rings. The number of thioether (sulfide) groups is 1. The highest BCUT2D eigenvalue weighted by atomic mass is 32.2. The first kappa shape index (κ1) is 20.1. The summed E-state index contributed by atoms with van der Waals surface area (Å²) in [5.74, 6) is -0.497. The first-order valence-corrected chi connectivity index (χ1v) is 9.14. The Bertz CT molecular complexity index is 737. The van der Waals surface area contributed by atoms with Gasteiger partial charge in [-0.1, -0.05) is 6.92 Å². The number of alkyl carbamates (subject to hydrolysis) is 1. The maximum atomic E-state index is 13.1. The molecule has 1 unspecified atom stereocenters. The number of anilines is 1. The Labute approximate surface area is 157 Å². The van der Waals surface area contributed by atoms with E-state index in [1.807, 2.05) is 26.8 Å². The normalized spacial score (nSPS) is 19.0. The number of esters is 1. The SMILES string of the molecule is CCC1(C)Sc2cc(C)c(C(=O)OC)cc2N(CCNC(=O)OC)C1=O. The zero-order valence-electron chi connectivity index (χ0n) is 15.7. The average molecular weight is 380 g/mol. The van der Waals surface area contributed by atoms with Gasteiger partial charge in [0, 0.05) is 18.0 Å². The van der Waals surface area contributed by atoms with Crippen molar-refractivity contribution in [2.24, 2.45) is 0 Å². The molecule has 0 aromatic heterocycles. The van der Waals surface area contributed by atoms with Crippen LogP contribution >= 0.6 is 11.8 Å². The molecule has 1 N–H and O–H groups in total. The topological polar surface area (TPSA) is 84.9 Å². The molecule has 8 heteroatoms. The van der Waals surface area contributed by atoms with Crippen molar-refractivity contribution in [1.29, 1.82) is 0 Å². The van der Waals surface area contributed by atoms with Crippen LogP contribution in [0.5, 0.6) is 0 Å². The Balaban J connectivity index is 2.43. The Morgan fingerprint density at radius 3 is 2.54 bits per heavy atom. The molecule has 2 rings (SSSR count). The number of aryl methyl sites for hydroxylation is 1. The first-order valence-electron chi connectivity index (χ1n) is 8.33. The van der Waals surface area contributed by atoms with Crippen LogP contribution in [0.3, 0.4) is 0 Å². The van der Waals surface area contributed by atoms with Crippen LogP contribution in [-0.4, -0.2) is 50.0 Å². The highest BCUT2D eigenvalue weighted by Gasteiger charge is 2.42. The van der Waals surface area contributed by atoms with Gasteiger partial charge in [-0.05, 0) is 38.0 Å². The third kappa shape index (κ3) is 3.80. The van der Waals surface area contributed by atoms with E-state index in [9.17, 15) is 14.4 Å². The summed E-state index contributed by atoms with van der Waals surface area (Å²) < 4.78 is 8.80. The van der Waals surface area contributed by atoms with E-state index < -0.39 is 16.8 Å². The van der Waals surface area contributed by atoms with Crippen LogP contribution in [0.2, 0.25) is 0 Å². The summed E-state index contributed by atoms with van der Waals surface area (Å²) in [5, 5.41) is 2.58. The molecule has 1 atom stereocenters. The summed E-state index contributed by atoms with van der Waals surface area (Å²) in [4.78, 5) is 38.9. The summed E-state index contributed by atoms with van der Waals surface area (Å²) in [7, 11) is 2.61. The minimum atomic E-state index is -0.600. The fourth-order valence-electron chi connectivity index (χ4n) is 2.76. The summed E-state index contributed by atoms with van der Waals surface area (Å²) in [6, 6.07) is 3.60. The summed E-state index contributed by atoms with van der Waals surface area (Å²) in [5.41, 5.74) is 1.87. The molecule has 2 amide bonds. The molecule has 1 aromatic rings. The quantitative estimate of drug-likeness (QED) is 0.791. The molecule has 0 spiro atoms. The molecule has 0 radical (unpaired) electrons. The number of nitrogens with one attached hydrogen (secondary N) is 1. The fraction of sp³-hybridized carbons (Fsp3) is 0.500. The van der Waals surface area contributed by atoms with Crippen LogP contribution in [0, 0.1) is 6.92 Å². The number of carbonyl (C=O) groups excluding carboxylic acids is 3. The highest BCUT2D eigenvalue weighted by molar-refractivity contribution is 8.01. The predicted octanol–water partition coefficient (Wildman–Crippen LogP) is 2.75. The third-order valence-corrected chi connectivity index (χ3v) is 5.96. The number of rotatable bonds is 5. The maximum absolute atomic E-state index is 13.1. The molecule has 1 aliphatic heterocycles. The first-order chi connectivity index (χ1) is 12.3. The zero-order valence-corrected chi connectivity index (χ0v) is 16.5. The number of amides is 2. The zero-order chi connectivity index (χ0) is 19.5. The van der Waals surface area contributed by atoms with Crippen LogP contribution in [0.15, 0.2) is 17.0 Å². The van der Waals surface area contributed by atoms with Crippen molar-refractivity contribution in [1.82, 2.24) is 5.32 Å². The number of methoxy groups -OCH3 is 2. The number of nitrogens with zero attached hydrogens (tertiary/aromatic N) is 1. The standard InChI is InChI=1S/C18H24N2O5S/c1-6-18(3)16(22)20(8-7-19-17(23)25-5)13-10-12(15(21)24-4)11(2)9-14(13)26-18/h9-10H,6-8H2,1-5H3,(H,19,23). The molecule has 7 nitrogen and oxygen atoms in total. The smallest absolute Gasteiger partial charge is 0.406 e. The molecule has 142 valence electrons. The number of benzene rings is 1. The van der Waals surface area contributed by atoms with Crippen LogP contribution in [0.1, 0.15) is 36.2 Å². The molecule has 1 heterocycles. The number of ether oxygens (including phenoxy) is 2.